The molecular weight excluding hydrogens is 426 g/mol. The summed E-state index contributed by atoms with van der Waals surface area (Å²) in [7, 11) is 4.83. The number of hydrogen-bond donors (Lipinski definition) is 4. The van der Waals surface area contributed by atoms with Crippen LogP contribution in [0.3, 0.4) is 0 Å². The van der Waals surface area contributed by atoms with Crippen molar-refractivity contribution in [1.82, 2.24) is 10.2 Å². The molecule has 2 aliphatic heterocycles. The number of ether oxygens (including phenoxy) is 1. The van der Waals surface area contributed by atoms with Gasteiger partial charge in [0.25, 0.3) is 12.2 Å². The monoisotopic (exact) mass is 452 g/mol. The van der Waals surface area contributed by atoms with Crippen molar-refractivity contribution in [2.75, 3.05) is 21.2 Å². The zero-order chi connectivity index (χ0) is 23.7. The smallest absolute Gasteiger partial charge is 0.329 e. The molecule has 4 atom stereocenters. The molecule has 0 radical (unpaired) electrons. The van der Waals surface area contributed by atoms with E-state index >= 15 is 0 Å². The highest BCUT2D eigenvalue weighted by Gasteiger charge is 2.43. The van der Waals surface area contributed by atoms with Crippen molar-refractivity contribution >= 4 is 23.5 Å². The van der Waals surface area contributed by atoms with Crippen LogP contribution in [0.5, 0.6) is 11.5 Å². The number of methoxy groups -OCH3 is 1. The van der Waals surface area contributed by atoms with Gasteiger partial charge in [-0.05, 0) is 35.4 Å². The zero-order valence-electron chi connectivity index (χ0n) is 18.5. The van der Waals surface area contributed by atoms with Crippen LogP contribution in [0, 0.1) is 0 Å². The van der Waals surface area contributed by atoms with Gasteiger partial charge in [-0.15, -0.1) is 0 Å². The normalized spacial score (nSPS) is 24.7. The van der Waals surface area contributed by atoms with Crippen LogP contribution in [-0.2, 0) is 11.2 Å². The number of amides is 3. The van der Waals surface area contributed by atoms with Crippen LogP contribution in [0.25, 0.3) is 0 Å². The number of carbonyl (C=O) groups excluding carboxylic acids is 2. The summed E-state index contributed by atoms with van der Waals surface area (Å²) in [6.45, 7) is 0. The van der Waals surface area contributed by atoms with Gasteiger partial charge in [-0.2, -0.15) is 4.99 Å². The van der Waals surface area contributed by atoms with E-state index in [0.29, 0.717) is 23.4 Å². The van der Waals surface area contributed by atoms with Gasteiger partial charge in [0.2, 0.25) is 5.84 Å². The molecule has 4 unspecified atom stereocenters. The number of imide groups is 1. The molecule has 0 spiro atoms. The molecule has 2 aromatic carbocycles. The number of likely N-dealkylation sites (N-methyl/N-ethyl adjacent to an activating group) is 2. The van der Waals surface area contributed by atoms with Crippen LogP contribution in [-0.4, -0.2) is 72.1 Å². The van der Waals surface area contributed by atoms with Gasteiger partial charge < -0.3 is 14.9 Å². The molecule has 2 aliphatic rings. The maximum atomic E-state index is 12.3. The highest BCUT2D eigenvalue weighted by atomic mass is 16.5. The maximum absolute atomic E-state index is 12.3. The lowest BCUT2D eigenvalue weighted by Gasteiger charge is -2.23. The fourth-order valence-corrected chi connectivity index (χ4v) is 3.93. The number of carbonyl (C=O) groups is 2. The summed E-state index contributed by atoms with van der Waals surface area (Å²) in [6, 6.07) is 13.1. The SMILES string of the molecule is COc1ccc(C(O)C2=NC(N=C3NC(=O)N(C)C3=O)[NH+](C)C2Cc2ccc(O)cc2)cc1. The predicted molar refractivity (Wildman–Crippen MR) is 120 cm³/mol. The lowest BCUT2D eigenvalue weighted by Crippen LogP contribution is -3.15. The van der Waals surface area contributed by atoms with E-state index in [2.05, 4.69) is 15.3 Å². The topological polar surface area (TPSA) is 128 Å². The number of aliphatic imine (C=N–C) groups is 2. The van der Waals surface area contributed by atoms with Gasteiger partial charge in [0.1, 0.15) is 29.4 Å². The molecule has 2 heterocycles. The van der Waals surface area contributed by atoms with Crippen molar-refractivity contribution < 1.29 is 29.4 Å². The molecule has 10 nitrogen and oxygen atoms in total. The number of urea groups is 1. The molecule has 10 heteroatoms. The van der Waals surface area contributed by atoms with E-state index in [9.17, 15) is 19.8 Å². The fraction of sp³-hybridized carbons (Fsp3) is 0.304. The molecule has 0 aromatic heterocycles. The van der Waals surface area contributed by atoms with E-state index in [0.717, 1.165) is 15.4 Å². The summed E-state index contributed by atoms with van der Waals surface area (Å²) in [5.74, 6) is 0.245. The van der Waals surface area contributed by atoms with Crippen LogP contribution in [0.4, 0.5) is 4.79 Å². The van der Waals surface area contributed by atoms with Gasteiger partial charge in [0.15, 0.2) is 0 Å². The molecule has 3 amide bonds. The van der Waals surface area contributed by atoms with Crippen LogP contribution >= 0.6 is 0 Å². The number of aliphatic hydroxyl groups excluding tert-OH is 1. The first-order chi connectivity index (χ1) is 15.8. The number of quaternary nitrogens is 1. The molecule has 0 bridgehead atoms. The fourth-order valence-electron chi connectivity index (χ4n) is 3.93. The Morgan fingerprint density at radius 1 is 1.18 bits per heavy atom. The van der Waals surface area contributed by atoms with E-state index in [4.69, 9.17) is 4.74 Å². The first-order valence-corrected chi connectivity index (χ1v) is 10.5. The Morgan fingerprint density at radius 2 is 1.85 bits per heavy atom. The first-order valence-electron chi connectivity index (χ1n) is 10.5. The van der Waals surface area contributed by atoms with Gasteiger partial charge in [0, 0.05) is 13.5 Å². The summed E-state index contributed by atoms with van der Waals surface area (Å²) in [5, 5.41) is 23.3. The van der Waals surface area contributed by atoms with Crippen molar-refractivity contribution in [2.24, 2.45) is 9.98 Å². The number of nitrogens with zero attached hydrogens (tertiary/aromatic N) is 3. The largest absolute Gasteiger partial charge is 0.508 e. The third-order valence-electron chi connectivity index (χ3n) is 5.96. The molecule has 4 N–H and O–H groups in total. The van der Waals surface area contributed by atoms with Crippen LogP contribution in [0.2, 0.25) is 0 Å². The molecule has 2 aromatic rings. The van der Waals surface area contributed by atoms with E-state index in [-0.39, 0.29) is 17.6 Å². The second kappa shape index (κ2) is 9.00. The molecule has 0 saturated carbocycles. The van der Waals surface area contributed by atoms with Crippen molar-refractivity contribution in [1.29, 1.82) is 0 Å². The number of rotatable bonds is 6. The van der Waals surface area contributed by atoms with Crippen molar-refractivity contribution in [3.05, 3.63) is 59.7 Å². The summed E-state index contributed by atoms with van der Waals surface area (Å²) in [5.41, 5.74) is 2.12. The highest BCUT2D eigenvalue weighted by Crippen LogP contribution is 2.23. The second-order valence-electron chi connectivity index (χ2n) is 8.04. The van der Waals surface area contributed by atoms with Gasteiger partial charge >= 0.3 is 6.03 Å². The Labute approximate surface area is 190 Å². The Morgan fingerprint density at radius 3 is 2.42 bits per heavy atom. The summed E-state index contributed by atoms with van der Waals surface area (Å²) in [4.78, 5) is 34.9. The van der Waals surface area contributed by atoms with Gasteiger partial charge in [-0.25, -0.2) is 9.79 Å². The lowest BCUT2D eigenvalue weighted by atomic mass is 9.94. The third kappa shape index (κ3) is 4.43. The summed E-state index contributed by atoms with van der Waals surface area (Å²) < 4.78 is 5.20. The Kier molecular flexibility index (Phi) is 6.12. The zero-order valence-corrected chi connectivity index (χ0v) is 18.5. The maximum Gasteiger partial charge on any atom is 0.329 e. The molecule has 4 rings (SSSR count). The van der Waals surface area contributed by atoms with Crippen molar-refractivity contribution in [3.8, 4) is 11.5 Å². The van der Waals surface area contributed by atoms with E-state index < -0.39 is 24.3 Å². The van der Waals surface area contributed by atoms with Gasteiger partial charge in [-0.1, -0.05) is 24.3 Å². The first kappa shape index (κ1) is 22.4. The number of benzene rings is 2. The number of hydrogen-bond acceptors (Lipinski definition) is 7. The Hall–Kier alpha value is -3.76. The van der Waals surface area contributed by atoms with Crippen LogP contribution in [0.15, 0.2) is 58.5 Å². The predicted octanol–water partition coefficient (Wildman–Crippen LogP) is -0.121. The molecule has 0 aliphatic carbocycles. The highest BCUT2D eigenvalue weighted by molar-refractivity contribution is 6.47. The Balaban J connectivity index is 1.67. The second-order valence-corrected chi connectivity index (χ2v) is 8.04. The number of aromatic hydroxyl groups is 1. The number of aliphatic hydroxyl groups is 1. The molecule has 33 heavy (non-hydrogen) atoms. The minimum absolute atomic E-state index is 0.0702. The van der Waals surface area contributed by atoms with Crippen LogP contribution < -0.4 is 15.0 Å². The quantitative estimate of drug-likeness (QED) is 0.455. The van der Waals surface area contributed by atoms with E-state index in [1.807, 2.05) is 19.2 Å². The molecule has 1 fully saturated rings. The average molecular weight is 452 g/mol. The number of nitrogens with one attached hydrogen (secondary N) is 2. The lowest BCUT2D eigenvalue weighted by molar-refractivity contribution is -0.912. The van der Waals surface area contributed by atoms with Crippen molar-refractivity contribution in [3.63, 3.8) is 0 Å². The van der Waals surface area contributed by atoms with Gasteiger partial charge in [-0.3, -0.25) is 19.9 Å². The number of phenols is 1. The third-order valence-corrected chi connectivity index (χ3v) is 5.96. The van der Waals surface area contributed by atoms with Crippen molar-refractivity contribution in [2.45, 2.75) is 24.9 Å². The minimum atomic E-state index is -0.991. The average Bonchev–Trinajstić information content (AvgIpc) is 3.25. The van der Waals surface area contributed by atoms with E-state index in [1.165, 1.54) is 7.05 Å². The molecular formula is C23H26N5O5+. The minimum Gasteiger partial charge on any atom is -0.508 e. The molecule has 1 saturated heterocycles. The Bertz CT molecular complexity index is 1110. The van der Waals surface area contributed by atoms with E-state index in [1.54, 1.807) is 43.5 Å². The summed E-state index contributed by atoms with van der Waals surface area (Å²) >= 11 is 0. The standard InChI is InChI=1S/C23H25N5O5/c1-27-17(12-13-4-8-15(29)9-5-13)18(19(30)14-6-10-16(33-3)11-7-14)24-22(27)25-20-21(31)28(2)23(32)26-20/h4-11,17,19,22,29-30H,12H2,1-3H3,(H,25,26,32)/p+1. The number of amidine groups is 1. The van der Waals surface area contributed by atoms with Crippen LogP contribution in [0.1, 0.15) is 17.2 Å². The molecule has 172 valence electrons. The summed E-state index contributed by atoms with van der Waals surface area (Å²) in [6.07, 6.45) is -1.19. The van der Waals surface area contributed by atoms with Gasteiger partial charge in [0.05, 0.1) is 14.2 Å². The number of phenolic OH excluding ortho intramolecular Hbond substituents is 1.